The minimum absolute atomic E-state index is 0.321. The average Bonchev–Trinajstić information content (AvgIpc) is 3.00. The highest BCUT2D eigenvalue weighted by molar-refractivity contribution is 5.99. The van der Waals surface area contributed by atoms with E-state index in [0.717, 1.165) is 0 Å². The molecule has 0 atom stereocenters. The molecule has 0 radical (unpaired) electrons. The number of aromatic nitrogens is 3. The lowest BCUT2D eigenvalue weighted by atomic mass is 10.1. The molecule has 7 nitrogen and oxygen atoms in total. The number of carboxylic acid groups (broad SMARTS) is 1. The molecule has 0 fully saturated rings. The van der Waals surface area contributed by atoms with Crippen LogP contribution in [0, 0.1) is 0 Å². The van der Waals surface area contributed by atoms with Gasteiger partial charge in [0.1, 0.15) is 6.54 Å². The Balaban J connectivity index is 2.36. The molecule has 0 aliphatic rings. The van der Waals surface area contributed by atoms with Crippen molar-refractivity contribution in [2.45, 2.75) is 13.3 Å². The molecule has 110 valence electrons. The van der Waals surface area contributed by atoms with E-state index in [1.807, 2.05) is 6.92 Å². The number of benzene rings is 1. The molecule has 0 aliphatic heterocycles. The van der Waals surface area contributed by atoms with E-state index in [2.05, 4.69) is 10.3 Å². The van der Waals surface area contributed by atoms with E-state index in [1.54, 1.807) is 30.5 Å². The van der Waals surface area contributed by atoms with Crippen molar-refractivity contribution in [3.05, 3.63) is 42.2 Å². The number of carboxylic acids is 1. The SMILES string of the molecule is CCCN(CC(=O)O)C(=O)c1ccccc1-n1ccnn1. The van der Waals surface area contributed by atoms with E-state index in [-0.39, 0.29) is 12.5 Å². The highest BCUT2D eigenvalue weighted by atomic mass is 16.4. The fraction of sp³-hybridized carbons (Fsp3) is 0.286. The third kappa shape index (κ3) is 3.44. The monoisotopic (exact) mass is 288 g/mol. The van der Waals surface area contributed by atoms with Crippen LogP contribution in [-0.4, -0.2) is 50.0 Å². The van der Waals surface area contributed by atoms with Crippen LogP contribution in [0.15, 0.2) is 36.7 Å². The molecule has 0 unspecified atom stereocenters. The van der Waals surface area contributed by atoms with E-state index in [0.29, 0.717) is 24.2 Å². The highest BCUT2D eigenvalue weighted by Gasteiger charge is 2.21. The maximum atomic E-state index is 12.6. The minimum Gasteiger partial charge on any atom is -0.480 e. The van der Waals surface area contributed by atoms with E-state index >= 15 is 0 Å². The second-order valence-electron chi connectivity index (χ2n) is 4.49. The zero-order chi connectivity index (χ0) is 15.2. The van der Waals surface area contributed by atoms with Gasteiger partial charge < -0.3 is 10.0 Å². The van der Waals surface area contributed by atoms with Crippen LogP contribution >= 0.6 is 0 Å². The van der Waals surface area contributed by atoms with Crippen LogP contribution in [0.5, 0.6) is 0 Å². The summed E-state index contributed by atoms with van der Waals surface area (Å²) >= 11 is 0. The molecule has 0 saturated carbocycles. The van der Waals surface area contributed by atoms with Gasteiger partial charge >= 0.3 is 5.97 Å². The van der Waals surface area contributed by atoms with Crippen molar-refractivity contribution in [3.8, 4) is 5.69 Å². The number of rotatable bonds is 6. The van der Waals surface area contributed by atoms with Gasteiger partial charge in [-0.1, -0.05) is 24.3 Å². The molecule has 2 aromatic rings. The maximum absolute atomic E-state index is 12.6. The first-order chi connectivity index (χ1) is 10.1. The topological polar surface area (TPSA) is 88.3 Å². The summed E-state index contributed by atoms with van der Waals surface area (Å²) in [4.78, 5) is 24.8. The summed E-state index contributed by atoms with van der Waals surface area (Å²) in [5.41, 5.74) is 0.976. The Labute approximate surface area is 121 Å². The first kappa shape index (κ1) is 14.7. The van der Waals surface area contributed by atoms with Crippen LogP contribution in [0.1, 0.15) is 23.7 Å². The molecular weight excluding hydrogens is 272 g/mol. The Morgan fingerprint density at radius 3 is 2.71 bits per heavy atom. The van der Waals surface area contributed by atoms with E-state index in [1.165, 1.54) is 15.8 Å². The van der Waals surface area contributed by atoms with E-state index in [4.69, 9.17) is 5.11 Å². The summed E-state index contributed by atoms with van der Waals surface area (Å²) in [5, 5.41) is 16.5. The average molecular weight is 288 g/mol. The predicted octanol–water partition coefficient (Wildman–Crippen LogP) is 1.20. The lowest BCUT2D eigenvalue weighted by Crippen LogP contribution is -2.36. The van der Waals surface area contributed by atoms with E-state index < -0.39 is 5.97 Å². The molecule has 0 saturated heterocycles. The van der Waals surface area contributed by atoms with Crippen molar-refractivity contribution in [2.24, 2.45) is 0 Å². The summed E-state index contributed by atoms with van der Waals surface area (Å²) in [6.45, 7) is 1.96. The number of carbonyl (C=O) groups excluding carboxylic acids is 1. The zero-order valence-electron chi connectivity index (χ0n) is 11.6. The number of carbonyl (C=O) groups is 2. The summed E-state index contributed by atoms with van der Waals surface area (Å²) in [7, 11) is 0. The molecule has 0 aliphatic carbocycles. The quantitative estimate of drug-likeness (QED) is 0.863. The van der Waals surface area contributed by atoms with Crippen molar-refractivity contribution in [2.75, 3.05) is 13.1 Å². The van der Waals surface area contributed by atoms with Gasteiger partial charge in [-0.2, -0.15) is 0 Å². The van der Waals surface area contributed by atoms with Gasteiger partial charge in [0.05, 0.1) is 23.6 Å². The summed E-state index contributed by atoms with van der Waals surface area (Å²) < 4.78 is 1.48. The van der Waals surface area contributed by atoms with Crippen molar-refractivity contribution < 1.29 is 14.7 Å². The lowest BCUT2D eigenvalue weighted by molar-refractivity contribution is -0.137. The molecule has 0 bridgehead atoms. The number of hydrogen-bond donors (Lipinski definition) is 1. The number of hydrogen-bond acceptors (Lipinski definition) is 4. The van der Waals surface area contributed by atoms with Gasteiger partial charge in [0, 0.05) is 6.54 Å². The van der Waals surface area contributed by atoms with E-state index in [9.17, 15) is 9.59 Å². The molecule has 7 heteroatoms. The first-order valence-electron chi connectivity index (χ1n) is 6.60. The molecule has 21 heavy (non-hydrogen) atoms. The Bertz CT molecular complexity index is 625. The fourth-order valence-corrected chi connectivity index (χ4v) is 2.05. The number of aliphatic carboxylic acids is 1. The van der Waals surface area contributed by atoms with Gasteiger partial charge in [0.15, 0.2) is 0 Å². The molecular formula is C14H16N4O3. The summed E-state index contributed by atoms with van der Waals surface area (Å²) in [6.07, 6.45) is 3.83. The second kappa shape index (κ2) is 6.65. The van der Waals surface area contributed by atoms with Crippen LogP contribution in [0.25, 0.3) is 5.69 Å². The standard InChI is InChI=1S/C14H16N4O3/c1-2-8-17(10-13(19)20)14(21)11-5-3-4-6-12(11)18-9-7-15-16-18/h3-7,9H,2,8,10H2,1H3,(H,19,20). The van der Waals surface area contributed by atoms with Gasteiger partial charge in [-0.15, -0.1) is 5.10 Å². The van der Waals surface area contributed by atoms with Crippen molar-refractivity contribution in [1.29, 1.82) is 0 Å². The smallest absolute Gasteiger partial charge is 0.323 e. The predicted molar refractivity (Wildman–Crippen MR) is 75.2 cm³/mol. The minimum atomic E-state index is -1.03. The number of nitrogens with zero attached hydrogens (tertiary/aromatic N) is 4. The second-order valence-corrected chi connectivity index (χ2v) is 4.49. The molecule has 1 N–H and O–H groups in total. The van der Waals surface area contributed by atoms with Crippen LogP contribution in [0.4, 0.5) is 0 Å². The Morgan fingerprint density at radius 2 is 2.10 bits per heavy atom. The fourth-order valence-electron chi connectivity index (χ4n) is 2.05. The summed E-state index contributed by atoms with van der Waals surface area (Å²) in [6, 6.07) is 6.92. The van der Waals surface area contributed by atoms with Crippen LogP contribution in [0.3, 0.4) is 0 Å². The molecule has 1 amide bonds. The summed E-state index contributed by atoms with van der Waals surface area (Å²) in [5.74, 6) is -1.36. The number of para-hydroxylation sites is 1. The third-order valence-corrected chi connectivity index (χ3v) is 2.91. The van der Waals surface area contributed by atoms with Crippen LogP contribution in [0.2, 0.25) is 0 Å². The molecule has 1 aromatic heterocycles. The Morgan fingerprint density at radius 1 is 1.33 bits per heavy atom. The van der Waals surface area contributed by atoms with Gasteiger partial charge in [-0.25, -0.2) is 4.68 Å². The lowest BCUT2D eigenvalue weighted by Gasteiger charge is -2.21. The normalized spacial score (nSPS) is 10.3. The molecule has 0 spiro atoms. The number of amides is 1. The van der Waals surface area contributed by atoms with Gasteiger partial charge in [0.25, 0.3) is 5.91 Å². The van der Waals surface area contributed by atoms with Gasteiger partial charge in [0.2, 0.25) is 0 Å². The third-order valence-electron chi connectivity index (χ3n) is 2.91. The van der Waals surface area contributed by atoms with Gasteiger partial charge in [-0.05, 0) is 18.6 Å². The molecule has 1 aromatic carbocycles. The van der Waals surface area contributed by atoms with Gasteiger partial charge in [-0.3, -0.25) is 9.59 Å². The Kier molecular flexibility index (Phi) is 4.65. The largest absolute Gasteiger partial charge is 0.480 e. The first-order valence-corrected chi connectivity index (χ1v) is 6.60. The van der Waals surface area contributed by atoms with Crippen molar-refractivity contribution in [3.63, 3.8) is 0 Å². The molecule has 1 heterocycles. The zero-order valence-corrected chi connectivity index (χ0v) is 11.6. The highest BCUT2D eigenvalue weighted by Crippen LogP contribution is 2.15. The van der Waals surface area contributed by atoms with Crippen molar-refractivity contribution in [1.82, 2.24) is 19.9 Å². The van der Waals surface area contributed by atoms with Crippen molar-refractivity contribution >= 4 is 11.9 Å². The van der Waals surface area contributed by atoms with Crippen LogP contribution in [-0.2, 0) is 4.79 Å². The maximum Gasteiger partial charge on any atom is 0.323 e. The Hall–Kier alpha value is -2.70. The molecule has 2 rings (SSSR count). The van der Waals surface area contributed by atoms with Crippen LogP contribution < -0.4 is 0 Å².